The van der Waals surface area contributed by atoms with Gasteiger partial charge >= 0.3 is 6.18 Å². The van der Waals surface area contributed by atoms with Crippen molar-refractivity contribution >= 4 is 22.9 Å². The molecule has 0 spiro atoms. The highest BCUT2D eigenvalue weighted by atomic mass is 32.1. The number of benzene rings is 1. The van der Waals surface area contributed by atoms with Crippen molar-refractivity contribution in [3.8, 4) is 0 Å². The van der Waals surface area contributed by atoms with E-state index in [-0.39, 0.29) is 10.6 Å². The molecule has 3 N–H and O–H groups in total. The van der Waals surface area contributed by atoms with Gasteiger partial charge in [-0.1, -0.05) is 37.9 Å². The van der Waals surface area contributed by atoms with Gasteiger partial charge in [0.1, 0.15) is 4.99 Å². The maximum absolute atomic E-state index is 12.9. The first-order valence-corrected chi connectivity index (χ1v) is 7.56. The molecule has 0 bridgehead atoms. The number of hydrogen-bond donors (Lipinski definition) is 2. The molecule has 1 aliphatic carbocycles. The van der Waals surface area contributed by atoms with Crippen LogP contribution >= 0.6 is 12.2 Å². The van der Waals surface area contributed by atoms with Gasteiger partial charge in [0.25, 0.3) is 0 Å². The highest BCUT2D eigenvalue weighted by Crippen LogP contribution is 2.33. The van der Waals surface area contributed by atoms with Gasteiger partial charge in [-0.15, -0.1) is 0 Å². The Labute approximate surface area is 127 Å². The first kappa shape index (κ1) is 16.1. The Morgan fingerprint density at radius 3 is 2.29 bits per heavy atom. The van der Waals surface area contributed by atoms with E-state index in [1.807, 2.05) is 0 Å². The Kier molecular flexibility index (Phi) is 5.08. The predicted molar refractivity (Wildman–Crippen MR) is 82.4 cm³/mol. The van der Waals surface area contributed by atoms with Gasteiger partial charge in [-0.25, -0.2) is 0 Å². The second-order valence-electron chi connectivity index (χ2n) is 5.46. The lowest BCUT2D eigenvalue weighted by Gasteiger charge is -2.19. The van der Waals surface area contributed by atoms with Crippen LogP contribution in [-0.2, 0) is 6.18 Å². The van der Waals surface area contributed by atoms with Gasteiger partial charge in [0.15, 0.2) is 0 Å². The number of rotatable bonds is 3. The molecule has 1 saturated carbocycles. The number of thiocarbonyl (C=S) groups is 1. The molecule has 0 atom stereocenters. The molecule has 0 saturated heterocycles. The van der Waals surface area contributed by atoms with Crippen LogP contribution < -0.4 is 11.1 Å². The zero-order chi connectivity index (χ0) is 15.5. The van der Waals surface area contributed by atoms with Gasteiger partial charge in [0.05, 0.1) is 5.56 Å². The first-order chi connectivity index (χ1) is 9.88. The summed E-state index contributed by atoms with van der Waals surface area (Å²) in [5.74, 6) is 0. The fourth-order valence-electron chi connectivity index (χ4n) is 2.74. The number of alkyl halides is 3. The van der Waals surface area contributed by atoms with E-state index >= 15 is 0 Å². The van der Waals surface area contributed by atoms with E-state index in [4.69, 9.17) is 18.0 Å². The van der Waals surface area contributed by atoms with Crippen LogP contribution in [0.1, 0.15) is 49.7 Å². The second-order valence-corrected chi connectivity index (χ2v) is 5.90. The van der Waals surface area contributed by atoms with Crippen molar-refractivity contribution in [1.29, 1.82) is 0 Å². The highest BCUT2D eigenvalue weighted by molar-refractivity contribution is 7.80. The van der Waals surface area contributed by atoms with Crippen LogP contribution in [0, 0.1) is 0 Å². The Morgan fingerprint density at radius 2 is 1.76 bits per heavy atom. The summed E-state index contributed by atoms with van der Waals surface area (Å²) in [5.41, 5.74) is 5.20. The number of halogens is 3. The lowest BCUT2D eigenvalue weighted by molar-refractivity contribution is -0.137. The molecule has 1 aromatic rings. The number of nitrogens with two attached hydrogens (primary N) is 1. The summed E-state index contributed by atoms with van der Waals surface area (Å²) in [5, 5.41) is 3.31. The summed E-state index contributed by atoms with van der Waals surface area (Å²) in [4.78, 5) is -0.230. The molecule has 0 aromatic heterocycles. The number of anilines is 1. The summed E-state index contributed by atoms with van der Waals surface area (Å²) < 4.78 is 38.8. The predicted octanol–water partition coefficient (Wildman–Crippen LogP) is 4.47. The van der Waals surface area contributed by atoms with Crippen molar-refractivity contribution in [2.75, 3.05) is 5.32 Å². The number of hydrogen-bond acceptors (Lipinski definition) is 2. The van der Waals surface area contributed by atoms with Gasteiger partial charge in [-0.2, -0.15) is 13.2 Å². The zero-order valence-electron chi connectivity index (χ0n) is 11.7. The van der Waals surface area contributed by atoms with Crippen molar-refractivity contribution in [3.05, 3.63) is 29.3 Å². The van der Waals surface area contributed by atoms with Crippen LogP contribution in [0.2, 0.25) is 0 Å². The van der Waals surface area contributed by atoms with Gasteiger partial charge in [-0.05, 0) is 31.0 Å². The molecule has 6 heteroatoms. The fraction of sp³-hybridized carbons (Fsp3) is 0.533. The zero-order valence-corrected chi connectivity index (χ0v) is 12.5. The first-order valence-electron chi connectivity index (χ1n) is 7.15. The average molecular weight is 316 g/mol. The van der Waals surface area contributed by atoms with E-state index in [2.05, 4.69) is 5.32 Å². The molecule has 2 rings (SSSR count). The Balaban J connectivity index is 2.21. The summed E-state index contributed by atoms with van der Waals surface area (Å²) in [6.45, 7) is 0. The second kappa shape index (κ2) is 6.64. The van der Waals surface area contributed by atoms with Gasteiger partial charge < -0.3 is 11.1 Å². The third-order valence-electron chi connectivity index (χ3n) is 3.82. The van der Waals surface area contributed by atoms with Gasteiger partial charge in [0.2, 0.25) is 0 Å². The standard InChI is InChI=1S/C15H19F3N2S/c16-15(17,18)13-8-7-11(9-12(13)14(19)21)20-10-5-3-1-2-4-6-10/h7-10,20H,1-6H2,(H2,19,21). The number of nitrogens with one attached hydrogen (secondary N) is 1. The van der Waals surface area contributed by atoms with E-state index in [0.717, 1.165) is 31.7 Å². The smallest absolute Gasteiger partial charge is 0.389 e. The Bertz CT molecular complexity index is 506. The summed E-state index contributed by atoms with van der Waals surface area (Å²) in [6.07, 6.45) is 2.40. The minimum Gasteiger partial charge on any atom is -0.389 e. The Hall–Kier alpha value is -1.30. The normalized spacial score (nSPS) is 17.3. The quantitative estimate of drug-likeness (QED) is 0.638. The average Bonchev–Trinajstić information content (AvgIpc) is 2.66. The SMILES string of the molecule is NC(=S)c1cc(NC2CCCCCC2)ccc1C(F)(F)F. The maximum Gasteiger partial charge on any atom is 0.417 e. The molecule has 21 heavy (non-hydrogen) atoms. The van der Waals surface area contributed by atoms with E-state index in [1.165, 1.54) is 25.0 Å². The summed E-state index contributed by atoms with van der Waals surface area (Å²) in [7, 11) is 0. The van der Waals surface area contributed by atoms with Crippen molar-refractivity contribution in [2.45, 2.75) is 50.7 Å². The molecule has 1 fully saturated rings. The molecule has 0 amide bonds. The molecule has 0 radical (unpaired) electrons. The third kappa shape index (κ3) is 4.33. The topological polar surface area (TPSA) is 38.0 Å². The lowest BCUT2D eigenvalue weighted by atomic mass is 10.0. The highest BCUT2D eigenvalue weighted by Gasteiger charge is 2.34. The summed E-state index contributed by atoms with van der Waals surface area (Å²) in [6, 6.07) is 4.22. The lowest BCUT2D eigenvalue weighted by Crippen LogP contribution is -2.21. The van der Waals surface area contributed by atoms with Gasteiger partial charge in [-0.3, -0.25) is 0 Å². The molecule has 1 aromatic carbocycles. The van der Waals surface area contributed by atoms with E-state index in [9.17, 15) is 13.2 Å². The van der Waals surface area contributed by atoms with E-state index in [1.54, 1.807) is 0 Å². The third-order valence-corrected chi connectivity index (χ3v) is 4.04. The minimum atomic E-state index is -4.44. The maximum atomic E-state index is 12.9. The molecule has 0 aliphatic heterocycles. The van der Waals surface area contributed by atoms with Crippen molar-refractivity contribution < 1.29 is 13.2 Å². The van der Waals surface area contributed by atoms with Crippen LogP contribution in [0.4, 0.5) is 18.9 Å². The van der Waals surface area contributed by atoms with Gasteiger partial charge in [0, 0.05) is 17.3 Å². The molecule has 2 nitrogen and oxygen atoms in total. The molecule has 1 aliphatic rings. The molecule has 0 heterocycles. The molecule has 0 unspecified atom stereocenters. The van der Waals surface area contributed by atoms with Crippen LogP contribution in [0.25, 0.3) is 0 Å². The van der Waals surface area contributed by atoms with Crippen molar-refractivity contribution in [1.82, 2.24) is 0 Å². The molecular weight excluding hydrogens is 297 g/mol. The van der Waals surface area contributed by atoms with Crippen molar-refractivity contribution in [2.24, 2.45) is 5.73 Å². The molecule has 116 valence electrons. The summed E-state index contributed by atoms with van der Waals surface area (Å²) >= 11 is 4.75. The largest absolute Gasteiger partial charge is 0.417 e. The monoisotopic (exact) mass is 316 g/mol. The Morgan fingerprint density at radius 1 is 1.14 bits per heavy atom. The van der Waals surface area contributed by atoms with E-state index in [0.29, 0.717) is 11.7 Å². The van der Waals surface area contributed by atoms with Crippen LogP contribution in [0.5, 0.6) is 0 Å². The van der Waals surface area contributed by atoms with Crippen LogP contribution in [-0.4, -0.2) is 11.0 Å². The van der Waals surface area contributed by atoms with Crippen LogP contribution in [0.15, 0.2) is 18.2 Å². The minimum absolute atomic E-state index is 0.115. The van der Waals surface area contributed by atoms with Crippen molar-refractivity contribution in [3.63, 3.8) is 0 Å². The molecular formula is C15H19F3N2S. The fourth-order valence-corrected chi connectivity index (χ4v) is 2.91. The van der Waals surface area contributed by atoms with Crippen LogP contribution in [0.3, 0.4) is 0 Å². The van der Waals surface area contributed by atoms with E-state index < -0.39 is 11.7 Å².